The van der Waals surface area contributed by atoms with E-state index in [0.29, 0.717) is 17.2 Å². The van der Waals surface area contributed by atoms with Crippen LogP contribution in [0.1, 0.15) is 40.0 Å². The number of hydrogen-bond acceptors (Lipinski definition) is 3. The average molecular weight is 305 g/mol. The fourth-order valence-corrected chi connectivity index (χ4v) is 3.78. The molecule has 0 aliphatic heterocycles. The van der Waals surface area contributed by atoms with Gasteiger partial charge in [0.1, 0.15) is 6.10 Å². The first-order chi connectivity index (χ1) is 9.93. The lowest BCUT2D eigenvalue weighted by atomic mass is 9.71. The van der Waals surface area contributed by atoms with Crippen molar-refractivity contribution in [2.24, 2.45) is 11.3 Å². The number of fused-ring (bicyclic) bond motifs is 1. The fraction of sp³-hybridized carbons (Fsp3) is 0.529. The normalized spacial score (nSPS) is 25.0. The average Bonchev–Trinajstić information content (AvgIpc) is 2.35. The highest BCUT2D eigenvalue weighted by molar-refractivity contribution is 6.28. The summed E-state index contributed by atoms with van der Waals surface area (Å²) in [6, 6.07) is 7.84. The first-order valence-corrected chi connectivity index (χ1v) is 7.90. The maximum atomic E-state index is 6.22. The van der Waals surface area contributed by atoms with Gasteiger partial charge in [0.15, 0.2) is 0 Å². The molecule has 0 amide bonds. The summed E-state index contributed by atoms with van der Waals surface area (Å²) >= 11 is 6.02. The van der Waals surface area contributed by atoms with Crippen LogP contribution in [0.3, 0.4) is 0 Å². The van der Waals surface area contributed by atoms with Gasteiger partial charge in [0, 0.05) is 0 Å². The summed E-state index contributed by atoms with van der Waals surface area (Å²) in [4.78, 5) is 8.55. The van der Waals surface area contributed by atoms with E-state index in [0.717, 1.165) is 23.7 Å². The van der Waals surface area contributed by atoms with Crippen LogP contribution in [0.4, 0.5) is 0 Å². The van der Waals surface area contributed by atoms with Crippen LogP contribution in [0.2, 0.25) is 5.28 Å². The third-order valence-electron chi connectivity index (χ3n) is 4.17. The van der Waals surface area contributed by atoms with Crippen molar-refractivity contribution in [3.8, 4) is 5.88 Å². The van der Waals surface area contributed by atoms with E-state index in [1.54, 1.807) is 0 Å². The number of ether oxygens (including phenoxy) is 1. The SMILES string of the molecule is CC1CC(Oc2nc(Cl)nc3ccccc23)CC(C)(C)C1. The van der Waals surface area contributed by atoms with E-state index >= 15 is 0 Å². The topological polar surface area (TPSA) is 35.0 Å². The summed E-state index contributed by atoms with van der Waals surface area (Å²) in [5, 5.41) is 1.17. The molecule has 0 spiro atoms. The molecule has 3 rings (SSSR count). The van der Waals surface area contributed by atoms with Crippen molar-refractivity contribution >= 4 is 22.5 Å². The standard InChI is InChI=1S/C17H21ClN2O/c1-11-8-12(10-17(2,3)9-11)21-15-13-6-4-5-7-14(13)19-16(18)20-15/h4-7,11-12H,8-10H2,1-3H3. The fourth-order valence-electron chi connectivity index (χ4n) is 3.62. The van der Waals surface area contributed by atoms with Crippen molar-refractivity contribution in [3.63, 3.8) is 0 Å². The summed E-state index contributed by atoms with van der Waals surface area (Å²) < 4.78 is 6.22. The number of hydrogen-bond donors (Lipinski definition) is 0. The van der Waals surface area contributed by atoms with E-state index in [-0.39, 0.29) is 11.4 Å². The number of aromatic nitrogens is 2. The predicted molar refractivity (Wildman–Crippen MR) is 85.8 cm³/mol. The Morgan fingerprint density at radius 1 is 1.19 bits per heavy atom. The highest BCUT2D eigenvalue weighted by atomic mass is 35.5. The predicted octanol–water partition coefficient (Wildman–Crippen LogP) is 4.88. The van der Waals surface area contributed by atoms with Crippen molar-refractivity contribution in [3.05, 3.63) is 29.5 Å². The van der Waals surface area contributed by atoms with Crippen molar-refractivity contribution in [1.29, 1.82) is 0 Å². The van der Waals surface area contributed by atoms with Crippen LogP contribution in [0.5, 0.6) is 5.88 Å². The zero-order chi connectivity index (χ0) is 15.0. The van der Waals surface area contributed by atoms with Gasteiger partial charge < -0.3 is 4.74 Å². The Hall–Kier alpha value is -1.35. The molecule has 1 saturated carbocycles. The first kappa shape index (κ1) is 14.6. The third-order valence-corrected chi connectivity index (χ3v) is 4.33. The maximum absolute atomic E-state index is 6.22. The number of para-hydroxylation sites is 1. The van der Waals surface area contributed by atoms with Crippen LogP contribution in [-0.2, 0) is 0 Å². The van der Waals surface area contributed by atoms with Crippen LogP contribution in [-0.4, -0.2) is 16.1 Å². The lowest BCUT2D eigenvalue weighted by molar-refractivity contribution is 0.0543. The molecule has 1 aromatic carbocycles. The van der Waals surface area contributed by atoms with Gasteiger partial charge >= 0.3 is 0 Å². The molecule has 1 fully saturated rings. The zero-order valence-electron chi connectivity index (χ0n) is 12.8. The Bertz CT molecular complexity index is 656. The van der Waals surface area contributed by atoms with Gasteiger partial charge in [0.25, 0.3) is 0 Å². The molecule has 1 aliphatic rings. The Morgan fingerprint density at radius 3 is 2.71 bits per heavy atom. The number of nitrogens with zero attached hydrogens (tertiary/aromatic N) is 2. The van der Waals surface area contributed by atoms with Gasteiger partial charge in [0.05, 0.1) is 10.9 Å². The van der Waals surface area contributed by atoms with Crippen LogP contribution in [0.15, 0.2) is 24.3 Å². The molecular weight excluding hydrogens is 284 g/mol. The highest BCUT2D eigenvalue weighted by Crippen LogP contribution is 2.40. The van der Waals surface area contributed by atoms with Crippen LogP contribution in [0.25, 0.3) is 10.9 Å². The van der Waals surface area contributed by atoms with Crippen LogP contribution < -0.4 is 4.74 Å². The van der Waals surface area contributed by atoms with Crippen LogP contribution >= 0.6 is 11.6 Å². The van der Waals surface area contributed by atoms with E-state index in [1.807, 2.05) is 24.3 Å². The summed E-state index contributed by atoms with van der Waals surface area (Å²) in [5.74, 6) is 1.28. The van der Waals surface area contributed by atoms with Gasteiger partial charge in [0.2, 0.25) is 11.2 Å². The molecule has 2 unspecified atom stereocenters. The molecule has 0 radical (unpaired) electrons. The first-order valence-electron chi connectivity index (χ1n) is 7.52. The molecule has 112 valence electrons. The Labute approximate surface area is 130 Å². The molecule has 1 heterocycles. The lowest BCUT2D eigenvalue weighted by Gasteiger charge is -2.38. The summed E-state index contributed by atoms with van der Waals surface area (Å²) in [6.45, 7) is 6.91. The molecule has 1 aromatic heterocycles. The van der Waals surface area contributed by atoms with Crippen molar-refractivity contribution < 1.29 is 4.74 Å². The summed E-state index contributed by atoms with van der Waals surface area (Å²) in [6.07, 6.45) is 3.56. The Morgan fingerprint density at radius 2 is 1.95 bits per heavy atom. The van der Waals surface area contributed by atoms with Gasteiger partial charge in [-0.05, 0) is 54.3 Å². The van der Waals surface area contributed by atoms with Gasteiger partial charge in [-0.15, -0.1) is 0 Å². The van der Waals surface area contributed by atoms with Gasteiger partial charge in [-0.3, -0.25) is 0 Å². The van der Waals surface area contributed by atoms with E-state index in [9.17, 15) is 0 Å². The molecule has 1 aliphatic carbocycles. The van der Waals surface area contributed by atoms with Crippen LogP contribution in [0, 0.1) is 11.3 Å². The maximum Gasteiger partial charge on any atom is 0.226 e. The van der Waals surface area contributed by atoms with Gasteiger partial charge in [-0.2, -0.15) is 4.98 Å². The van der Waals surface area contributed by atoms with E-state index in [4.69, 9.17) is 16.3 Å². The lowest BCUT2D eigenvalue weighted by Crippen LogP contribution is -2.34. The third kappa shape index (κ3) is 3.29. The minimum Gasteiger partial charge on any atom is -0.474 e. The highest BCUT2D eigenvalue weighted by Gasteiger charge is 2.33. The molecule has 2 aromatic rings. The molecule has 2 atom stereocenters. The molecule has 0 saturated heterocycles. The second kappa shape index (κ2) is 5.45. The van der Waals surface area contributed by atoms with Crippen molar-refractivity contribution in [2.75, 3.05) is 0 Å². The van der Waals surface area contributed by atoms with Crippen molar-refractivity contribution in [1.82, 2.24) is 9.97 Å². The summed E-state index contributed by atoms with van der Waals surface area (Å²) in [5.41, 5.74) is 1.14. The molecular formula is C17H21ClN2O. The monoisotopic (exact) mass is 304 g/mol. The molecule has 4 heteroatoms. The quantitative estimate of drug-likeness (QED) is 0.742. The largest absolute Gasteiger partial charge is 0.474 e. The molecule has 0 N–H and O–H groups in total. The summed E-state index contributed by atoms with van der Waals surface area (Å²) in [7, 11) is 0. The molecule has 0 bridgehead atoms. The minimum atomic E-state index is 0.193. The Kier molecular flexibility index (Phi) is 3.78. The minimum absolute atomic E-state index is 0.193. The van der Waals surface area contributed by atoms with Gasteiger partial charge in [-0.25, -0.2) is 4.98 Å². The van der Waals surface area contributed by atoms with E-state index < -0.39 is 0 Å². The Balaban J connectivity index is 1.91. The number of rotatable bonds is 2. The number of halogens is 1. The zero-order valence-corrected chi connectivity index (χ0v) is 13.5. The van der Waals surface area contributed by atoms with Gasteiger partial charge in [-0.1, -0.05) is 32.9 Å². The van der Waals surface area contributed by atoms with E-state index in [1.165, 1.54) is 6.42 Å². The second-order valence-corrected chi connectivity index (χ2v) is 7.31. The number of benzene rings is 1. The van der Waals surface area contributed by atoms with E-state index in [2.05, 4.69) is 30.7 Å². The second-order valence-electron chi connectivity index (χ2n) is 6.97. The molecule has 3 nitrogen and oxygen atoms in total. The van der Waals surface area contributed by atoms with Crippen molar-refractivity contribution in [2.45, 2.75) is 46.1 Å². The smallest absolute Gasteiger partial charge is 0.226 e. The molecule has 21 heavy (non-hydrogen) atoms.